The standard InChI is InChI=1S/C30H25ClN2O4S/c1-35-25-16-20(12-15-24(25)37-17-21-8-5-7-18-6-3-4-9-23(18)21)28-26(29(34)36-2)27(32-30(38)33-28)19-10-13-22(31)14-11-19/h3-16,28H,17H2,1-2H3,(H2,32,33,38)/t28-/m1/s1. The minimum absolute atomic E-state index is 0.376. The summed E-state index contributed by atoms with van der Waals surface area (Å²) in [5.41, 5.74) is 3.52. The van der Waals surface area contributed by atoms with Crippen molar-refractivity contribution in [3.05, 3.63) is 112 Å². The molecule has 38 heavy (non-hydrogen) atoms. The number of fused-ring (bicyclic) bond motifs is 1. The largest absolute Gasteiger partial charge is 0.493 e. The Labute approximate surface area is 231 Å². The molecule has 6 nitrogen and oxygen atoms in total. The van der Waals surface area contributed by atoms with Crippen molar-refractivity contribution in [3.8, 4) is 11.5 Å². The molecule has 0 saturated carbocycles. The van der Waals surface area contributed by atoms with Gasteiger partial charge in [0.15, 0.2) is 16.6 Å². The van der Waals surface area contributed by atoms with Gasteiger partial charge in [0.25, 0.3) is 0 Å². The number of hydrogen-bond donors (Lipinski definition) is 2. The Hall–Kier alpha value is -4.07. The van der Waals surface area contributed by atoms with Crippen LogP contribution in [0.5, 0.6) is 11.5 Å². The van der Waals surface area contributed by atoms with E-state index in [1.165, 1.54) is 7.11 Å². The molecule has 0 spiro atoms. The first-order valence-corrected chi connectivity index (χ1v) is 12.7. The van der Waals surface area contributed by atoms with Crippen molar-refractivity contribution in [1.82, 2.24) is 10.6 Å². The van der Waals surface area contributed by atoms with Crippen LogP contribution in [0.15, 0.2) is 90.5 Å². The first kappa shape index (κ1) is 25.6. The number of methoxy groups -OCH3 is 2. The van der Waals surface area contributed by atoms with Crippen LogP contribution in [0.25, 0.3) is 16.5 Å². The number of ether oxygens (including phenoxy) is 3. The van der Waals surface area contributed by atoms with Crippen molar-refractivity contribution in [2.75, 3.05) is 14.2 Å². The number of halogens is 1. The van der Waals surface area contributed by atoms with Gasteiger partial charge in [0.05, 0.1) is 31.5 Å². The fourth-order valence-corrected chi connectivity index (χ4v) is 4.89. The van der Waals surface area contributed by atoms with Gasteiger partial charge < -0.3 is 24.8 Å². The van der Waals surface area contributed by atoms with Gasteiger partial charge in [-0.2, -0.15) is 0 Å². The lowest BCUT2D eigenvalue weighted by atomic mass is 9.92. The zero-order chi connectivity index (χ0) is 26.6. The van der Waals surface area contributed by atoms with Gasteiger partial charge in [-0.05, 0) is 63.9 Å². The summed E-state index contributed by atoms with van der Waals surface area (Å²) in [5.74, 6) is 0.631. The molecule has 2 N–H and O–H groups in total. The fraction of sp³-hybridized carbons (Fsp3) is 0.133. The van der Waals surface area contributed by atoms with Gasteiger partial charge in [-0.15, -0.1) is 0 Å². The topological polar surface area (TPSA) is 68.8 Å². The zero-order valence-corrected chi connectivity index (χ0v) is 22.4. The van der Waals surface area contributed by atoms with Crippen LogP contribution in [0.3, 0.4) is 0 Å². The Balaban J connectivity index is 1.49. The average molecular weight is 545 g/mol. The van der Waals surface area contributed by atoms with Gasteiger partial charge in [-0.3, -0.25) is 0 Å². The molecule has 192 valence electrons. The maximum absolute atomic E-state index is 13.0. The second-order valence-corrected chi connectivity index (χ2v) is 9.50. The molecule has 0 aromatic heterocycles. The fourth-order valence-electron chi connectivity index (χ4n) is 4.55. The van der Waals surface area contributed by atoms with Crippen molar-refractivity contribution in [3.63, 3.8) is 0 Å². The molecule has 5 rings (SSSR count). The van der Waals surface area contributed by atoms with Crippen LogP contribution in [0.2, 0.25) is 5.02 Å². The summed E-state index contributed by atoms with van der Waals surface area (Å²) in [6, 6.07) is 26.5. The third-order valence-electron chi connectivity index (χ3n) is 6.39. The van der Waals surface area contributed by atoms with E-state index in [1.54, 1.807) is 19.2 Å². The summed E-state index contributed by atoms with van der Waals surface area (Å²) in [4.78, 5) is 13.0. The van der Waals surface area contributed by atoms with Gasteiger partial charge in [0, 0.05) is 5.02 Å². The Kier molecular flexibility index (Phi) is 7.49. The first-order valence-electron chi connectivity index (χ1n) is 11.9. The van der Waals surface area contributed by atoms with Gasteiger partial charge >= 0.3 is 5.97 Å². The molecule has 1 atom stereocenters. The molecule has 4 aromatic rings. The predicted molar refractivity (Wildman–Crippen MR) is 153 cm³/mol. The lowest BCUT2D eigenvalue weighted by Crippen LogP contribution is -2.45. The highest BCUT2D eigenvalue weighted by Gasteiger charge is 2.33. The maximum Gasteiger partial charge on any atom is 0.338 e. The molecule has 0 radical (unpaired) electrons. The number of thiocarbonyl (C=S) groups is 1. The number of carbonyl (C=O) groups is 1. The lowest BCUT2D eigenvalue weighted by Gasteiger charge is -2.31. The Morgan fingerprint density at radius 2 is 1.71 bits per heavy atom. The molecular weight excluding hydrogens is 520 g/mol. The second kappa shape index (κ2) is 11.1. The van der Waals surface area contributed by atoms with E-state index in [9.17, 15) is 4.79 Å². The van der Waals surface area contributed by atoms with Gasteiger partial charge in [-0.1, -0.05) is 72.3 Å². The summed E-state index contributed by atoms with van der Waals surface area (Å²) >= 11 is 11.6. The highest BCUT2D eigenvalue weighted by molar-refractivity contribution is 7.80. The molecule has 1 heterocycles. The van der Waals surface area contributed by atoms with E-state index in [2.05, 4.69) is 34.9 Å². The van der Waals surface area contributed by atoms with Gasteiger partial charge in [0.1, 0.15) is 6.61 Å². The Morgan fingerprint density at radius 3 is 2.47 bits per heavy atom. The number of rotatable bonds is 7. The molecule has 0 bridgehead atoms. The van der Waals surface area contributed by atoms with Crippen molar-refractivity contribution in [2.24, 2.45) is 0 Å². The summed E-state index contributed by atoms with van der Waals surface area (Å²) in [6.07, 6.45) is 0. The number of nitrogens with one attached hydrogen (secondary N) is 2. The molecule has 4 aromatic carbocycles. The predicted octanol–water partition coefficient (Wildman–Crippen LogP) is 6.18. The monoisotopic (exact) mass is 544 g/mol. The number of hydrogen-bond acceptors (Lipinski definition) is 5. The summed E-state index contributed by atoms with van der Waals surface area (Å²) in [6.45, 7) is 0.376. The lowest BCUT2D eigenvalue weighted by molar-refractivity contribution is -0.136. The summed E-state index contributed by atoms with van der Waals surface area (Å²) in [5, 5.41) is 9.57. The molecule has 0 aliphatic carbocycles. The SMILES string of the molecule is COC(=O)C1=C(c2ccc(Cl)cc2)NC(=S)N[C@@H]1c1ccc(OCc2cccc3ccccc23)c(OC)c1. The molecule has 1 aliphatic rings. The van der Waals surface area contributed by atoms with E-state index in [0.29, 0.717) is 39.5 Å². The van der Waals surface area contributed by atoms with Crippen LogP contribution in [0, 0.1) is 0 Å². The molecular formula is C30H25ClN2O4S. The molecule has 0 unspecified atom stereocenters. The Bertz CT molecular complexity index is 1550. The number of esters is 1. The first-order chi connectivity index (χ1) is 18.5. The minimum atomic E-state index is -0.581. The van der Waals surface area contributed by atoms with Crippen LogP contribution >= 0.6 is 23.8 Å². The van der Waals surface area contributed by atoms with E-state index in [-0.39, 0.29) is 0 Å². The smallest absolute Gasteiger partial charge is 0.338 e. The van der Waals surface area contributed by atoms with Crippen molar-refractivity contribution >= 4 is 51.4 Å². The summed E-state index contributed by atoms with van der Waals surface area (Å²) < 4.78 is 17.0. The highest BCUT2D eigenvalue weighted by atomic mass is 35.5. The third kappa shape index (κ3) is 5.16. The molecule has 0 saturated heterocycles. The number of carbonyl (C=O) groups excluding carboxylic acids is 1. The highest BCUT2D eigenvalue weighted by Crippen LogP contribution is 2.37. The van der Waals surface area contributed by atoms with E-state index in [1.807, 2.05) is 48.5 Å². The van der Waals surface area contributed by atoms with E-state index < -0.39 is 12.0 Å². The maximum atomic E-state index is 13.0. The molecule has 0 fully saturated rings. The van der Waals surface area contributed by atoms with Crippen LogP contribution in [-0.4, -0.2) is 25.3 Å². The van der Waals surface area contributed by atoms with E-state index in [4.69, 9.17) is 38.0 Å². The second-order valence-electron chi connectivity index (χ2n) is 8.66. The third-order valence-corrected chi connectivity index (χ3v) is 6.87. The van der Waals surface area contributed by atoms with Crippen molar-refractivity contribution in [1.29, 1.82) is 0 Å². The van der Waals surface area contributed by atoms with Crippen molar-refractivity contribution < 1.29 is 19.0 Å². The molecule has 8 heteroatoms. The minimum Gasteiger partial charge on any atom is -0.493 e. The molecule has 0 amide bonds. The number of benzene rings is 4. The average Bonchev–Trinajstić information content (AvgIpc) is 2.95. The summed E-state index contributed by atoms with van der Waals surface area (Å²) in [7, 11) is 2.93. The Morgan fingerprint density at radius 1 is 0.947 bits per heavy atom. The van der Waals surface area contributed by atoms with Gasteiger partial charge in [0.2, 0.25) is 0 Å². The van der Waals surface area contributed by atoms with E-state index in [0.717, 1.165) is 27.5 Å². The van der Waals surface area contributed by atoms with Crippen LogP contribution in [0.1, 0.15) is 22.7 Å². The van der Waals surface area contributed by atoms with Gasteiger partial charge in [-0.25, -0.2) is 4.79 Å². The van der Waals surface area contributed by atoms with Crippen molar-refractivity contribution in [2.45, 2.75) is 12.6 Å². The quantitative estimate of drug-likeness (QED) is 0.212. The zero-order valence-electron chi connectivity index (χ0n) is 20.8. The van der Waals surface area contributed by atoms with E-state index >= 15 is 0 Å². The normalized spacial score (nSPS) is 15.0. The molecule has 1 aliphatic heterocycles. The van der Waals surface area contributed by atoms with Crippen LogP contribution in [0.4, 0.5) is 0 Å². The van der Waals surface area contributed by atoms with Crippen LogP contribution < -0.4 is 20.1 Å². The van der Waals surface area contributed by atoms with Crippen LogP contribution in [-0.2, 0) is 16.1 Å².